The second-order valence-corrected chi connectivity index (χ2v) is 10.3. The van der Waals surface area contributed by atoms with Crippen LogP contribution in [0.25, 0.3) is 0 Å². The Bertz CT molecular complexity index is 467. The zero-order chi connectivity index (χ0) is 11.9. The molecule has 1 rings (SSSR count). The van der Waals surface area contributed by atoms with E-state index in [4.69, 9.17) is 0 Å². The third-order valence-corrected chi connectivity index (χ3v) is 10.2. The van der Waals surface area contributed by atoms with Gasteiger partial charge in [-0.1, -0.05) is 0 Å². The fraction of sp³-hybridized carbons (Fsp3) is 0. The number of isothiocyanates is 3. The summed E-state index contributed by atoms with van der Waals surface area (Å²) in [6.45, 7) is 0. The summed E-state index contributed by atoms with van der Waals surface area (Å²) >= 11 is 10.1. The molecule has 0 bridgehead atoms. The van der Waals surface area contributed by atoms with E-state index in [2.05, 4.69) is 61.8 Å². The summed E-state index contributed by atoms with van der Waals surface area (Å²) in [5, 5.41) is 6.95. The number of thiocarbonyl (C=S) groups is 3. The van der Waals surface area contributed by atoms with Crippen molar-refractivity contribution in [3.05, 3.63) is 30.3 Å². The third-order valence-electron chi connectivity index (χ3n) is 1.77. The average molecular weight is 370 g/mol. The van der Waals surface area contributed by atoms with E-state index in [1.54, 1.807) is 0 Å². The first-order chi connectivity index (χ1) is 7.79. The molecule has 0 amide bonds. The van der Waals surface area contributed by atoms with Gasteiger partial charge in [-0.25, -0.2) is 0 Å². The second kappa shape index (κ2) is 6.89. The Morgan fingerprint density at radius 2 is 1.25 bits per heavy atom. The van der Waals surface area contributed by atoms with Crippen molar-refractivity contribution >= 4 is 74.9 Å². The predicted molar refractivity (Wildman–Crippen MR) is 76.9 cm³/mol. The van der Waals surface area contributed by atoms with Gasteiger partial charge >= 0.3 is 115 Å². The van der Waals surface area contributed by atoms with Crippen LogP contribution in [0.4, 0.5) is 0 Å². The van der Waals surface area contributed by atoms with Crippen LogP contribution in [0.5, 0.6) is 0 Å². The van der Waals surface area contributed by atoms with Gasteiger partial charge in [0.2, 0.25) is 0 Å². The molecule has 16 heavy (non-hydrogen) atoms. The van der Waals surface area contributed by atoms with Gasteiger partial charge in [-0.3, -0.25) is 0 Å². The summed E-state index contributed by atoms with van der Waals surface area (Å²) in [6.07, 6.45) is 0. The van der Waals surface area contributed by atoms with Crippen molar-refractivity contribution in [2.24, 2.45) is 9.64 Å². The second-order valence-electron chi connectivity index (χ2n) is 2.61. The molecule has 1 aromatic rings. The van der Waals surface area contributed by atoms with Crippen LogP contribution in [0.15, 0.2) is 40.0 Å². The van der Waals surface area contributed by atoms with Crippen LogP contribution in [-0.2, 0) is 0 Å². The van der Waals surface area contributed by atoms with Gasteiger partial charge in [0.05, 0.1) is 0 Å². The molecule has 0 fully saturated rings. The summed E-state index contributed by atoms with van der Waals surface area (Å²) in [4.78, 5) is 0. The fourth-order valence-electron chi connectivity index (χ4n) is 1.12. The van der Waals surface area contributed by atoms with Crippen LogP contribution in [0.2, 0.25) is 0 Å². The zero-order valence-corrected chi connectivity index (χ0v) is 13.3. The molecule has 0 unspecified atom stereocenters. The van der Waals surface area contributed by atoms with E-state index in [9.17, 15) is 0 Å². The van der Waals surface area contributed by atoms with Gasteiger partial charge in [0, 0.05) is 0 Å². The van der Waals surface area contributed by atoms with Gasteiger partial charge in [-0.05, 0) is 0 Å². The topological polar surface area (TPSA) is 37.1 Å². The Kier molecular flexibility index (Phi) is 5.80. The van der Waals surface area contributed by atoms with Crippen LogP contribution in [0, 0.1) is 0 Å². The molecule has 0 aliphatic carbocycles. The van der Waals surface area contributed by atoms with E-state index in [-0.39, 0.29) is 0 Å². The van der Waals surface area contributed by atoms with E-state index in [0.29, 0.717) is 0 Å². The molecule has 0 radical (unpaired) electrons. The third kappa shape index (κ3) is 3.20. The molecular weight excluding hydrogens is 365 g/mol. The van der Waals surface area contributed by atoms with E-state index < -0.39 is 19.2 Å². The summed E-state index contributed by atoms with van der Waals surface area (Å²) in [7, 11) is 0. The summed E-state index contributed by atoms with van der Waals surface area (Å²) in [5.74, 6) is 0. The Hall–Kier alpha value is -0.581. The molecule has 0 spiro atoms. The molecule has 0 aromatic heterocycles. The Balaban J connectivity index is 3.49. The van der Waals surface area contributed by atoms with Gasteiger partial charge < -0.3 is 0 Å². The molecule has 0 saturated carbocycles. The number of rotatable bonds is 4. The first kappa shape index (κ1) is 13.5. The maximum atomic E-state index is 4.62. The molecule has 1 aromatic carbocycles. The van der Waals surface area contributed by atoms with Crippen molar-refractivity contribution in [1.82, 2.24) is 0 Å². The Labute approximate surface area is 114 Å². The summed E-state index contributed by atoms with van der Waals surface area (Å²) in [6, 6.07) is 9.38. The average Bonchev–Trinajstić information content (AvgIpc) is 2.31. The van der Waals surface area contributed by atoms with Crippen molar-refractivity contribution in [2.45, 2.75) is 0 Å². The minimum absolute atomic E-state index is 0.879. The van der Waals surface area contributed by atoms with Crippen molar-refractivity contribution in [3.63, 3.8) is 0 Å². The van der Waals surface area contributed by atoms with Crippen molar-refractivity contribution < 1.29 is 0 Å². The predicted octanol–water partition coefficient (Wildman–Crippen LogP) is 2.14. The van der Waals surface area contributed by atoms with Crippen LogP contribution in [0.1, 0.15) is 0 Å². The minimum atomic E-state index is -3.77. The molecule has 0 aliphatic heterocycles. The standard InChI is InChI=1S/C6H5.3CNS.Sn/c1-2-4-6-5-3-1;3*2-1-3;/h1-5H;;;;/q;3*-1;+3. The summed E-state index contributed by atoms with van der Waals surface area (Å²) in [5.41, 5.74) is 0. The quantitative estimate of drug-likeness (QED) is 0.463. The zero-order valence-electron chi connectivity index (χ0n) is 7.95. The molecule has 0 N–H and O–H groups in total. The van der Waals surface area contributed by atoms with Gasteiger partial charge in [0.25, 0.3) is 0 Å². The fourth-order valence-corrected chi connectivity index (χ4v) is 8.13. The Morgan fingerprint density at radius 1 is 0.812 bits per heavy atom. The molecule has 0 atom stereocenters. The van der Waals surface area contributed by atoms with Crippen molar-refractivity contribution in [3.8, 4) is 0 Å². The van der Waals surface area contributed by atoms with Gasteiger partial charge in [0.15, 0.2) is 0 Å². The maximum absolute atomic E-state index is 4.62. The van der Waals surface area contributed by atoms with Crippen molar-refractivity contribution in [2.75, 3.05) is 0 Å². The van der Waals surface area contributed by atoms with Gasteiger partial charge in [0.1, 0.15) is 0 Å². The normalized spacial score (nSPS) is 12.2. The molecule has 0 heterocycles. The van der Waals surface area contributed by atoms with E-state index in [1.165, 1.54) is 0 Å². The van der Waals surface area contributed by atoms with Crippen LogP contribution >= 0.6 is 36.7 Å². The Morgan fingerprint density at radius 3 is 1.62 bits per heavy atom. The van der Waals surface area contributed by atoms with Gasteiger partial charge in [-0.2, -0.15) is 0 Å². The van der Waals surface area contributed by atoms with Crippen LogP contribution < -0.4 is 3.58 Å². The number of hydrogen-bond acceptors (Lipinski definition) is 6. The van der Waals surface area contributed by atoms with Crippen LogP contribution in [0.3, 0.4) is 0 Å². The molecular formula is C9H5N3S3Sn. The van der Waals surface area contributed by atoms with Gasteiger partial charge in [-0.15, -0.1) is 0 Å². The molecule has 0 aliphatic rings. The SMILES string of the molecule is S=C=[N][Sn]([N]=C=S)([N]=C=S)[c]1ccccc1. The molecule has 0 saturated heterocycles. The van der Waals surface area contributed by atoms with E-state index >= 15 is 0 Å². The van der Waals surface area contributed by atoms with E-state index in [1.807, 2.05) is 30.3 Å². The summed E-state index contributed by atoms with van der Waals surface area (Å²) < 4.78 is 13.1. The van der Waals surface area contributed by atoms with Crippen LogP contribution in [-0.4, -0.2) is 34.7 Å². The first-order valence-electron chi connectivity index (χ1n) is 4.11. The molecule has 78 valence electrons. The number of nitrogens with zero attached hydrogens (tertiary/aromatic N) is 3. The van der Waals surface area contributed by atoms with Crippen molar-refractivity contribution in [1.29, 1.82) is 0 Å². The number of hydrogen-bond donors (Lipinski definition) is 0. The molecule has 7 heteroatoms. The number of benzene rings is 1. The van der Waals surface area contributed by atoms with E-state index in [0.717, 1.165) is 3.58 Å². The molecule has 3 nitrogen and oxygen atoms in total. The monoisotopic (exact) mass is 371 g/mol. The first-order valence-corrected chi connectivity index (χ1v) is 10.6.